The maximum Gasteiger partial charge on any atom is 0.306 e. The molecule has 13 heavy (non-hydrogen) atoms. The maximum atomic E-state index is 11.2. The Kier molecular flexibility index (Phi) is 4.57. The molecule has 0 aromatic heterocycles. The van der Waals surface area contributed by atoms with Crippen LogP contribution >= 0.6 is 11.6 Å². The molecule has 1 aliphatic carbocycles. The van der Waals surface area contributed by atoms with Crippen molar-refractivity contribution in [3.05, 3.63) is 0 Å². The van der Waals surface area contributed by atoms with E-state index in [4.69, 9.17) is 16.3 Å². The van der Waals surface area contributed by atoms with E-state index in [0.717, 1.165) is 12.8 Å². The average Bonchev–Trinajstić information content (AvgIpc) is 2.09. The van der Waals surface area contributed by atoms with Gasteiger partial charge in [0.05, 0.1) is 6.61 Å². The molecule has 0 bridgehead atoms. The first kappa shape index (κ1) is 10.8. The van der Waals surface area contributed by atoms with Crippen LogP contribution in [-0.4, -0.2) is 18.0 Å². The molecule has 0 spiro atoms. The number of carbonyl (C=O) groups excluding carboxylic acids is 1. The van der Waals surface area contributed by atoms with Crippen molar-refractivity contribution in [1.82, 2.24) is 0 Å². The van der Waals surface area contributed by atoms with Crippen molar-refractivity contribution < 1.29 is 9.53 Å². The number of halogens is 1. The van der Waals surface area contributed by atoms with Crippen molar-refractivity contribution in [3.8, 4) is 0 Å². The van der Waals surface area contributed by atoms with Gasteiger partial charge in [0.1, 0.15) is 0 Å². The van der Waals surface area contributed by atoms with Gasteiger partial charge in [-0.3, -0.25) is 4.79 Å². The van der Waals surface area contributed by atoms with Crippen molar-refractivity contribution in [3.63, 3.8) is 0 Å². The predicted octanol–water partition coefficient (Wildman–Crippen LogP) is 2.74. The van der Waals surface area contributed by atoms with Crippen LogP contribution in [0.2, 0.25) is 0 Å². The van der Waals surface area contributed by atoms with E-state index in [-0.39, 0.29) is 11.3 Å². The Morgan fingerprint density at radius 2 is 2.15 bits per heavy atom. The number of carbonyl (C=O) groups is 1. The summed E-state index contributed by atoms with van der Waals surface area (Å²) in [5, 5.41) is 0.179. The van der Waals surface area contributed by atoms with Gasteiger partial charge in [0.15, 0.2) is 0 Å². The highest BCUT2D eigenvalue weighted by Crippen LogP contribution is 2.31. The minimum atomic E-state index is -0.0972. The Morgan fingerprint density at radius 1 is 1.46 bits per heavy atom. The van der Waals surface area contributed by atoms with E-state index in [1.54, 1.807) is 0 Å². The highest BCUT2D eigenvalue weighted by atomic mass is 35.5. The van der Waals surface area contributed by atoms with Crippen molar-refractivity contribution in [2.45, 2.75) is 44.4 Å². The van der Waals surface area contributed by atoms with E-state index in [2.05, 4.69) is 0 Å². The summed E-state index contributed by atoms with van der Waals surface area (Å²) in [6.07, 6.45) is 5.03. The summed E-state index contributed by atoms with van der Waals surface area (Å²) in [4.78, 5) is 11.2. The molecule has 0 aromatic carbocycles. The number of ether oxygens (including phenoxy) is 1. The first-order valence-corrected chi connectivity index (χ1v) is 5.47. The molecule has 2 atom stereocenters. The van der Waals surface area contributed by atoms with Gasteiger partial charge in [0, 0.05) is 11.8 Å². The molecule has 0 heterocycles. The van der Waals surface area contributed by atoms with Crippen LogP contribution in [0, 0.1) is 5.92 Å². The van der Waals surface area contributed by atoms with E-state index < -0.39 is 0 Å². The van der Waals surface area contributed by atoms with E-state index >= 15 is 0 Å². The van der Waals surface area contributed by atoms with E-state index in [0.29, 0.717) is 18.9 Å². The Balaban J connectivity index is 2.29. The minimum absolute atomic E-state index is 0.0972. The largest absolute Gasteiger partial charge is 0.466 e. The fourth-order valence-electron chi connectivity index (χ4n) is 1.83. The highest BCUT2D eigenvalue weighted by Gasteiger charge is 2.25. The molecule has 0 saturated heterocycles. The van der Waals surface area contributed by atoms with Crippen LogP contribution in [0.15, 0.2) is 0 Å². The first-order valence-electron chi connectivity index (χ1n) is 5.03. The molecule has 3 heteroatoms. The minimum Gasteiger partial charge on any atom is -0.466 e. The second-order valence-electron chi connectivity index (χ2n) is 3.57. The lowest BCUT2D eigenvalue weighted by Crippen LogP contribution is -2.23. The van der Waals surface area contributed by atoms with Crippen LogP contribution in [0.5, 0.6) is 0 Å². The van der Waals surface area contributed by atoms with Crippen LogP contribution in [-0.2, 0) is 9.53 Å². The van der Waals surface area contributed by atoms with E-state index in [1.165, 1.54) is 12.8 Å². The molecule has 0 aliphatic heterocycles. The average molecular weight is 205 g/mol. The zero-order chi connectivity index (χ0) is 9.68. The van der Waals surface area contributed by atoms with Gasteiger partial charge in [-0.05, 0) is 25.7 Å². The molecule has 2 nitrogen and oxygen atoms in total. The molecule has 2 unspecified atom stereocenters. The maximum absolute atomic E-state index is 11.2. The number of hydrogen-bond donors (Lipinski definition) is 0. The Hall–Kier alpha value is -0.240. The second-order valence-corrected chi connectivity index (χ2v) is 4.13. The molecular weight excluding hydrogens is 188 g/mol. The third-order valence-electron chi connectivity index (χ3n) is 2.55. The second kappa shape index (κ2) is 5.48. The smallest absolute Gasteiger partial charge is 0.306 e. The molecule has 0 aromatic rings. The van der Waals surface area contributed by atoms with Gasteiger partial charge >= 0.3 is 5.97 Å². The van der Waals surface area contributed by atoms with Crippen molar-refractivity contribution in [2.24, 2.45) is 5.92 Å². The van der Waals surface area contributed by atoms with Gasteiger partial charge in [0.2, 0.25) is 0 Å². The van der Waals surface area contributed by atoms with Crippen molar-refractivity contribution >= 4 is 17.6 Å². The van der Waals surface area contributed by atoms with E-state index in [1.807, 2.05) is 6.92 Å². The van der Waals surface area contributed by atoms with Crippen LogP contribution in [0.4, 0.5) is 0 Å². The molecule has 0 amide bonds. The standard InChI is InChI=1S/C10H17ClO2/c1-2-13-10(12)7-8-5-3-4-6-9(8)11/h8-9H,2-7H2,1H3. The van der Waals surface area contributed by atoms with Crippen molar-refractivity contribution in [1.29, 1.82) is 0 Å². The lowest BCUT2D eigenvalue weighted by Gasteiger charge is -2.25. The normalized spacial score (nSPS) is 28.5. The van der Waals surface area contributed by atoms with Crippen LogP contribution in [0.1, 0.15) is 39.0 Å². The monoisotopic (exact) mass is 204 g/mol. The quantitative estimate of drug-likeness (QED) is 0.522. The predicted molar refractivity (Wildman–Crippen MR) is 52.8 cm³/mol. The number of alkyl halides is 1. The van der Waals surface area contributed by atoms with Gasteiger partial charge in [-0.25, -0.2) is 0 Å². The van der Waals surface area contributed by atoms with Crippen LogP contribution in [0.3, 0.4) is 0 Å². The molecule has 1 saturated carbocycles. The molecular formula is C10H17ClO2. The van der Waals surface area contributed by atoms with Gasteiger partial charge in [0.25, 0.3) is 0 Å². The molecule has 1 aliphatic rings. The van der Waals surface area contributed by atoms with Crippen LogP contribution < -0.4 is 0 Å². The lowest BCUT2D eigenvalue weighted by atomic mass is 9.86. The van der Waals surface area contributed by atoms with Gasteiger partial charge < -0.3 is 4.74 Å². The fraction of sp³-hybridized carbons (Fsp3) is 0.900. The number of hydrogen-bond acceptors (Lipinski definition) is 2. The molecule has 76 valence electrons. The zero-order valence-electron chi connectivity index (χ0n) is 8.09. The molecule has 1 fully saturated rings. The summed E-state index contributed by atoms with van der Waals surface area (Å²) < 4.78 is 4.90. The zero-order valence-corrected chi connectivity index (χ0v) is 8.85. The summed E-state index contributed by atoms with van der Waals surface area (Å²) >= 11 is 6.12. The third-order valence-corrected chi connectivity index (χ3v) is 3.13. The van der Waals surface area contributed by atoms with Gasteiger partial charge in [-0.1, -0.05) is 12.8 Å². The van der Waals surface area contributed by atoms with Crippen LogP contribution in [0.25, 0.3) is 0 Å². The SMILES string of the molecule is CCOC(=O)CC1CCCCC1Cl. The van der Waals surface area contributed by atoms with E-state index in [9.17, 15) is 4.79 Å². The fourth-order valence-corrected chi connectivity index (χ4v) is 2.20. The molecule has 0 radical (unpaired) electrons. The summed E-state index contributed by atoms with van der Waals surface area (Å²) in [5.41, 5.74) is 0. The number of rotatable bonds is 3. The third kappa shape index (κ3) is 3.55. The van der Waals surface area contributed by atoms with Gasteiger partial charge in [-0.2, -0.15) is 0 Å². The summed E-state index contributed by atoms with van der Waals surface area (Å²) in [5.74, 6) is 0.245. The number of esters is 1. The Labute approximate surface area is 84.6 Å². The lowest BCUT2D eigenvalue weighted by molar-refractivity contribution is -0.144. The Morgan fingerprint density at radius 3 is 2.77 bits per heavy atom. The summed E-state index contributed by atoms with van der Waals surface area (Å²) in [7, 11) is 0. The Bertz CT molecular complexity index is 170. The summed E-state index contributed by atoms with van der Waals surface area (Å²) in [6, 6.07) is 0. The van der Waals surface area contributed by atoms with Crippen molar-refractivity contribution in [2.75, 3.05) is 6.61 Å². The highest BCUT2D eigenvalue weighted by molar-refractivity contribution is 6.20. The van der Waals surface area contributed by atoms with Gasteiger partial charge in [-0.15, -0.1) is 11.6 Å². The molecule has 0 N–H and O–H groups in total. The summed E-state index contributed by atoms with van der Waals surface area (Å²) in [6.45, 7) is 2.30. The first-order chi connectivity index (χ1) is 6.24. The molecule has 1 rings (SSSR count). The topological polar surface area (TPSA) is 26.3 Å².